The molecular formula is C28H37FN6O3. The summed E-state index contributed by atoms with van der Waals surface area (Å²) in [5.74, 6) is 0.427. The molecule has 0 saturated carbocycles. The highest BCUT2D eigenvalue weighted by molar-refractivity contribution is 5.87. The number of likely N-dealkylation sites (tertiary alicyclic amines) is 1. The van der Waals surface area contributed by atoms with Gasteiger partial charge in [-0.15, -0.1) is 0 Å². The number of ether oxygens (including phenoxy) is 1. The average molecular weight is 525 g/mol. The zero-order chi connectivity index (χ0) is 26.5. The number of hydrogen-bond acceptors (Lipinski definition) is 8. The molecule has 0 aliphatic carbocycles. The maximum atomic E-state index is 14.6. The summed E-state index contributed by atoms with van der Waals surface area (Å²) in [5, 5.41) is 9.93. The number of halogens is 1. The van der Waals surface area contributed by atoms with Crippen LogP contribution in [0.15, 0.2) is 30.9 Å². The molecule has 1 amide bonds. The Morgan fingerprint density at radius 3 is 2.61 bits per heavy atom. The van der Waals surface area contributed by atoms with Crippen LogP contribution in [-0.2, 0) is 17.8 Å². The van der Waals surface area contributed by atoms with Gasteiger partial charge in [-0.2, -0.15) is 9.97 Å². The van der Waals surface area contributed by atoms with Crippen molar-refractivity contribution in [1.82, 2.24) is 19.8 Å². The lowest BCUT2D eigenvalue weighted by Gasteiger charge is -2.38. The number of benzene rings is 1. The van der Waals surface area contributed by atoms with Crippen LogP contribution >= 0.6 is 0 Å². The Hall–Kier alpha value is -3.40. The van der Waals surface area contributed by atoms with Gasteiger partial charge in [0.1, 0.15) is 17.4 Å². The number of anilines is 2. The summed E-state index contributed by atoms with van der Waals surface area (Å²) in [6.45, 7) is 10.9. The molecular weight excluding hydrogens is 487 g/mol. The van der Waals surface area contributed by atoms with Crippen LogP contribution in [0.25, 0.3) is 0 Å². The van der Waals surface area contributed by atoms with E-state index in [2.05, 4.69) is 16.4 Å². The number of carbonyl (C=O) groups is 1. The largest absolute Gasteiger partial charge is 0.508 e. The molecule has 0 atom stereocenters. The highest BCUT2D eigenvalue weighted by atomic mass is 19.1. The Balaban J connectivity index is 1.34. The summed E-state index contributed by atoms with van der Waals surface area (Å²) in [5.41, 5.74) is 2.20. The van der Waals surface area contributed by atoms with Crippen molar-refractivity contribution in [2.45, 2.75) is 38.6 Å². The number of aromatic hydroxyl groups is 1. The van der Waals surface area contributed by atoms with Crippen molar-refractivity contribution in [3.8, 4) is 11.8 Å². The predicted octanol–water partition coefficient (Wildman–Crippen LogP) is 2.97. The first-order valence-electron chi connectivity index (χ1n) is 13.7. The number of amides is 1. The van der Waals surface area contributed by atoms with Crippen molar-refractivity contribution in [3.05, 3.63) is 47.9 Å². The van der Waals surface area contributed by atoms with Crippen LogP contribution in [0.3, 0.4) is 0 Å². The fourth-order valence-corrected chi connectivity index (χ4v) is 5.57. The average Bonchev–Trinajstić information content (AvgIpc) is 2.96. The molecule has 204 valence electrons. The Morgan fingerprint density at radius 1 is 1.05 bits per heavy atom. The second-order valence-corrected chi connectivity index (χ2v) is 10.2. The number of carbonyl (C=O) groups excluding carboxylic acids is 1. The predicted molar refractivity (Wildman–Crippen MR) is 144 cm³/mol. The van der Waals surface area contributed by atoms with E-state index in [1.54, 1.807) is 4.90 Å². The minimum Gasteiger partial charge on any atom is -0.508 e. The molecule has 1 N–H and O–H groups in total. The maximum absolute atomic E-state index is 14.6. The molecule has 0 radical (unpaired) electrons. The quantitative estimate of drug-likeness (QED) is 0.417. The lowest BCUT2D eigenvalue weighted by molar-refractivity contribution is -0.126. The zero-order valence-corrected chi connectivity index (χ0v) is 21.9. The summed E-state index contributed by atoms with van der Waals surface area (Å²) >= 11 is 0. The van der Waals surface area contributed by atoms with Crippen LogP contribution < -0.4 is 14.5 Å². The molecule has 2 aromatic rings. The van der Waals surface area contributed by atoms with Crippen molar-refractivity contribution in [2.75, 3.05) is 68.8 Å². The van der Waals surface area contributed by atoms with E-state index in [1.165, 1.54) is 43.5 Å². The molecule has 1 aromatic carbocycles. The van der Waals surface area contributed by atoms with Crippen LogP contribution in [0.5, 0.6) is 11.8 Å². The van der Waals surface area contributed by atoms with Gasteiger partial charge in [-0.05, 0) is 57.0 Å². The van der Waals surface area contributed by atoms with Gasteiger partial charge in [0.2, 0.25) is 5.91 Å². The standard InChI is InChI=1S/C28H37FN6O3/c1-2-26(37)33-14-16-34(17-15-33)27-22-9-13-35(25-19-21(36)7-8-23(25)29)20-24(22)30-28(31-27)38-18-6-12-32-10-4-3-5-11-32/h2,7-8,19,36H,1,3-6,9-18,20H2. The highest BCUT2D eigenvalue weighted by Gasteiger charge is 2.29. The zero-order valence-electron chi connectivity index (χ0n) is 21.9. The van der Waals surface area contributed by atoms with E-state index in [0.29, 0.717) is 64.0 Å². The Kier molecular flexibility index (Phi) is 8.26. The molecule has 5 rings (SSSR count). The fourth-order valence-electron chi connectivity index (χ4n) is 5.57. The number of rotatable bonds is 8. The number of piperazine rings is 1. The van der Waals surface area contributed by atoms with Gasteiger partial charge >= 0.3 is 6.01 Å². The van der Waals surface area contributed by atoms with E-state index in [1.807, 2.05) is 4.90 Å². The molecule has 2 saturated heterocycles. The normalized spacial score (nSPS) is 18.3. The molecule has 2 fully saturated rings. The van der Waals surface area contributed by atoms with Gasteiger partial charge in [-0.3, -0.25) is 4.79 Å². The summed E-state index contributed by atoms with van der Waals surface area (Å²) < 4.78 is 20.7. The molecule has 38 heavy (non-hydrogen) atoms. The Morgan fingerprint density at radius 2 is 1.84 bits per heavy atom. The van der Waals surface area contributed by atoms with E-state index in [-0.39, 0.29) is 17.5 Å². The Bertz CT molecular complexity index is 1150. The molecule has 0 unspecified atom stereocenters. The van der Waals surface area contributed by atoms with Gasteiger partial charge in [-0.1, -0.05) is 13.0 Å². The third kappa shape index (κ3) is 6.01. The van der Waals surface area contributed by atoms with Crippen molar-refractivity contribution in [2.24, 2.45) is 0 Å². The number of phenolic OH excluding ortho intramolecular Hbond substituents is 1. The lowest BCUT2D eigenvalue weighted by atomic mass is 10.0. The SMILES string of the molecule is C=CC(=O)N1CCN(c2nc(OCCCN3CCCCC3)nc3c2CCN(c2cc(O)ccc2F)C3)CC1. The molecule has 0 bridgehead atoms. The maximum Gasteiger partial charge on any atom is 0.318 e. The van der Waals surface area contributed by atoms with E-state index in [4.69, 9.17) is 14.7 Å². The smallest absolute Gasteiger partial charge is 0.318 e. The molecule has 4 heterocycles. The minimum atomic E-state index is -0.377. The van der Waals surface area contributed by atoms with Gasteiger partial charge in [-0.25, -0.2) is 4.39 Å². The fraction of sp³-hybridized carbons (Fsp3) is 0.536. The first kappa shape index (κ1) is 26.2. The van der Waals surface area contributed by atoms with E-state index in [0.717, 1.165) is 43.1 Å². The van der Waals surface area contributed by atoms with Crippen LogP contribution in [0.2, 0.25) is 0 Å². The van der Waals surface area contributed by atoms with Crippen LogP contribution in [0.1, 0.15) is 36.9 Å². The second-order valence-electron chi connectivity index (χ2n) is 10.2. The molecule has 9 nitrogen and oxygen atoms in total. The summed E-state index contributed by atoms with van der Waals surface area (Å²) in [4.78, 5) is 30.0. The van der Waals surface area contributed by atoms with Gasteiger partial charge in [0, 0.05) is 50.9 Å². The van der Waals surface area contributed by atoms with Crippen molar-refractivity contribution >= 4 is 17.4 Å². The third-order valence-electron chi connectivity index (χ3n) is 7.66. The molecule has 10 heteroatoms. The first-order valence-corrected chi connectivity index (χ1v) is 13.7. The first-order chi connectivity index (χ1) is 18.5. The number of phenols is 1. The molecule has 1 aromatic heterocycles. The number of hydrogen-bond donors (Lipinski definition) is 1. The number of fused-ring (bicyclic) bond motifs is 1. The number of piperidine rings is 1. The highest BCUT2D eigenvalue weighted by Crippen LogP contribution is 2.33. The topological polar surface area (TPSA) is 85.3 Å². The molecule has 3 aliphatic rings. The monoisotopic (exact) mass is 524 g/mol. The summed E-state index contributed by atoms with van der Waals surface area (Å²) in [6, 6.07) is 4.42. The lowest BCUT2D eigenvalue weighted by Crippen LogP contribution is -2.49. The van der Waals surface area contributed by atoms with Crippen molar-refractivity contribution in [1.29, 1.82) is 0 Å². The van der Waals surface area contributed by atoms with Crippen molar-refractivity contribution < 1.29 is 19.0 Å². The van der Waals surface area contributed by atoms with Gasteiger partial charge < -0.3 is 29.4 Å². The van der Waals surface area contributed by atoms with E-state index >= 15 is 0 Å². The van der Waals surface area contributed by atoms with Gasteiger partial charge in [0.15, 0.2) is 0 Å². The summed E-state index contributed by atoms with van der Waals surface area (Å²) in [6.07, 6.45) is 6.74. The Labute approximate surface area is 223 Å². The minimum absolute atomic E-state index is 0.0280. The van der Waals surface area contributed by atoms with E-state index < -0.39 is 0 Å². The van der Waals surface area contributed by atoms with E-state index in [9.17, 15) is 14.3 Å². The van der Waals surface area contributed by atoms with Crippen LogP contribution in [0, 0.1) is 5.82 Å². The number of aromatic nitrogens is 2. The third-order valence-corrected chi connectivity index (χ3v) is 7.66. The van der Waals surface area contributed by atoms with Gasteiger partial charge in [0.25, 0.3) is 0 Å². The second kappa shape index (κ2) is 12.0. The number of nitrogens with zero attached hydrogens (tertiary/aromatic N) is 6. The van der Waals surface area contributed by atoms with Crippen LogP contribution in [0.4, 0.5) is 15.9 Å². The summed E-state index contributed by atoms with van der Waals surface area (Å²) in [7, 11) is 0. The van der Waals surface area contributed by atoms with Crippen molar-refractivity contribution in [3.63, 3.8) is 0 Å². The van der Waals surface area contributed by atoms with Gasteiger partial charge in [0.05, 0.1) is 24.5 Å². The van der Waals surface area contributed by atoms with Crippen LogP contribution in [-0.4, -0.2) is 89.7 Å². The molecule has 3 aliphatic heterocycles. The molecule has 0 spiro atoms.